The lowest BCUT2D eigenvalue weighted by Gasteiger charge is -2.21. The number of nitrogens with one attached hydrogen (secondary N) is 2. The molecule has 3 rings (SSSR count). The molecule has 0 spiro atoms. The van der Waals surface area contributed by atoms with Crippen molar-refractivity contribution in [3.8, 4) is 11.5 Å². The Balaban J connectivity index is 1.73. The van der Waals surface area contributed by atoms with Crippen molar-refractivity contribution in [2.45, 2.75) is 26.3 Å². The summed E-state index contributed by atoms with van der Waals surface area (Å²) in [5, 5.41) is 6.19. The fourth-order valence-electron chi connectivity index (χ4n) is 2.50. The van der Waals surface area contributed by atoms with E-state index in [2.05, 4.69) is 36.4 Å². The average molecular weight is 361 g/mol. The molecule has 0 aliphatic heterocycles. The highest BCUT2D eigenvalue weighted by atomic mass is 16.5. The lowest BCUT2D eigenvalue weighted by molar-refractivity contribution is 0.102. The van der Waals surface area contributed by atoms with Gasteiger partial charge in [-0.1, -0.05) is 30.3 Å². The normalized spacial score (nSPS) is 10.9. The molecule has 0 saturated carbocycles. The number of carbonyl (C=O) groups excluding carboxylic acids is 1. The molecule has 0 radical (unpaired) electrons. The van der Waals surface area contributed by atoms with Crippen molar-refractivity contribution in [3.05, 3.63) is 78.6 Å². The van der Waals surface area contributed by atoms with Crippen molar-refractivity contribution in [2.24, 2.45) is 0 Å². The minimum absolute atomic E-state index is 0.0703. The van der Waals surface area contributed by atoms with Crippen molar-refractivity contribution in [3.63, 3.8) is 0 Å². The van der Waals surface area contributed by atoms with Crippen molar-refractivity contribution in [2.75, 3.05) is 10.6 Å². The van der Waals surface area contributed by atoms with Gasteiger partial charge in [0, 0.05) is 5.54 Å². The van der Waals surface area contributed by atoms with Gasteiger partial charge in [0.1, 0.15) is 11.4 Å². The summed E-state index contributed by atoms with van der Waals surface area (Å²) in [5.74, 6) is 0.986. The summed E-state index contributed by atoms with van der Waals surface area (Å²) in [6.07, 6.45) is 1.66. The molecule has 0 aliphatic carbocycles. The molecule has 138 valence electrons. The average Bonchev–Trinajstić information content (AvgIpc) is 2.63. The number of carbonyl (C=O) groups is 1. The van der Waals surface area contributed by atoms with Gasteiger partial charge in [0.2, 0.25) is 0 Å². The number of nitrogens with zero attached hydrogens (tertiary/aromatic N) is 1. The Morgan fingerprint density at radius 2 is 1.63 bits per heavy atom. The van der Waals surface area contributed by atoms with Gasteiger partial charge in [-0.2, -0.15) is 0 Å². The molecule has 0 atom stereocenters. The number of anilines is 2. The van der Waals surface area contributed by atoms with Crippen LogP contribution in [-0.2, 0) is 0 Å². The summed E-state index contributed by atoms with van der Waals surface area (Å²) in [6, 6.07) is 20.3. The minimum atomic E-state index is -0.290. The number of ether oxygens (including phenoxy) is 1. The number of rotatable bonds is 5. The number of pyridine rings is 1. The summed E-state index contributed by atoms with van der Waals surface area (Å²) in [6.45, 7) is 6.20. The molecule has 0 fully saturated rings. The van der Waals surface area contributed by atoms with Gasteiger partial charge in [0.15, 0.2) is 5.75 Å². The number of benzene rings is 2. The molecular formula is C22H23N3O2. The third-order valence-electron chi connectivity index (χ3n) is 3.62. The maximum Gasteiger partial charge on any atom is 0.274 e. The largest absolute Gasteiger partial charge is 0.455 e. The topological polar surface area (TPSA) is 63.2 Å². The van der Waals surface area contributed by atoms with E-state index in [1.165, 1.54) is 0 Å². The van der Waals surface area contributed by atoms with Gasteiger partial charge < -0.3 is 15.4 Å². The monoisotopic (exact) mass is 361 g/mol. The number of hydrogen-bond acceptors (Lipinski definition) is 4. The molecule has 2 N–H and O–H groups in total. The molecule has 0 bridgehead atoms. The molecule has 3 aromatic rings. The second-order valence-corrected chi connectivity index (χ2v) is 7.17. The van der Waals surface area contributed by atoms with E-state index in [1.807, 2.05) is 54.6 Å². The number of amides is 1. The van der Waals surface area contributed by atoms with E-state index >= 15 is 0 Å². The van der Waals surface area contributed by atoms with Gasteiger partial charge in [-0.25, -0.2) is 4.98 Å². The summed E-state index contributed by atoms with van der Waals surface area (Å²) in [5.41, 5.74) is 1.72. The molecule has 5 nitrogen and oxygen atoms in total. The second kappa shape index (κ2) is 7.91. The predicted molar refractivity (Wildman–Crippen MR) is 109 cm³/mol. The molecular weight excluding hydrogens is 338 g/mol. The van der Waals surface area contributed by atoms with E-state index in [9.17, 15) is 4.79 Å². The fourth-order valence-corrected chi connectivity index (χ4v) is 2.50. The third-order valence-corrected chi connectivity index (χ3v) is 3.62. The first-order chi connectivity index (χ1) is 12.9. The van der Waals surface area contributed by atoms with Crippen LogP contribution < -0.4 is 15.4 Å². The Labute approximate surface area is 159 Å². The Morgan fingerprint density at radius 3 is 2.30 bits per heavy atom. The highest BCUT2D eigenvalue weighted by Gasteiger charge is 2.13. The Hall–Kier alpha value is -3.34. The van der Waals surface area contributed by atoms with Crippen LogP contribution >= 0.6 is 0 Å². The zero-order chi connectivity index (χ0) is 19.3. The number of aromatic nitrogens is 1. The SMILES string of the molecule is CC(C)(C)Nc1ccc(C(=O)Nc2ccccc2Oc2ccccc2)nc1. The van der Waals surface area contributed by atoms with E-state index in [0.717, 1.165) is 5.69 Å². The summed E-state index contributed by atoms with van der Waals surface area (Å²) < 4.78 is 5.88. The van der Waals surface area contributed by atoms with Crippen LogP contribution in [0.1, 0.15) is 31.3 Å². The molecule has 1 amide bonds. The van der Waals surface area contributed by atoms with E-state index < -0.39 is 0 Å². The molecule has 0 saturated heterocycles. The molecule has 2 aromatic carbocycles. The lowest BCUT2D eigenvalue weighted by Crippen LogP contribution is -2.26. The molecule has 5 heteroatoms. The van der Waals surface area contributed by atoms with Crippen LogP contribution in [0.2, 0.25) is 0 Å². The molecule has 27 heavy (non-hydrogen) atoms. The van der Waals surface area contributed by atoms with Gasteiger partial charge in [0.05, 0.1) is 17.6 Å². The smallest absolute Gasteiger partial charge is 0.274 e. The lowest BCUT2D eigenvalue weighted by atomic mass is 10.1. The minimum Gasteiger partial charge on any atom is -0.455 e. The first kappa shape index (κ1) is 18.5. The number of para-hydroxylation sites is 3. The molecule has 1 heterocycles. The highest BCUT2D eigenvalue weighted by molar-refractivity contribution is 6.03. The van der Waals surface area contributed by atoms with Crippen LogP contribution in [0.15, 0.2) is 72.9 Å². The van der Waals surface area contributed by atoms with Crippen LogP contribution in [0, 0.1) is 0 Å². The third kappa shape index (κ3) is 5.31. The van der Waals surface area contributed by atoms with Gasteiger partial charge in [0.25, 0.3) is 5.91 Å². The van der Waals surface area contributed by atoms with Gasteiger partial charge >= 0.3 is 0 Å². The zero-order valence-electron chi connectivity index (χ0n) is 15.7. The Morgan fingerprint density at radius 1 is 0.926 bits per heavy atom. The Bertz CT molecular complexity index is 901. The van der Waals surface area contributed by atoms with Crippen LogP contribution in [0.3, 0.4) is 0 Å². The summed E-state index contributed by atoms with van der Waals surface area (Å²) in [4.78, 5) is 16.8. The summed E-state index contributed by atoms with van der Waals surface area (Å²) in [7, 11) is 0. The molecule has 0 aliphatic rings. The van der Waals surface area contributed by atoms with Crippen molar-refractivity contribution < 1.29 is 9.53 Å². The van der Waals surface area contributed by atoms with Crippen molar-refractivity contribution in [1.29, 1.82) is 0 Å². The van der Waals surface area contributed by atoms with Crippen molar-refractivity contribution >= 4 is 17.3 Å². The van der Waals surface area contributed by atoms with Gasteiger partial charge in [-0.15, -0.1) is 0 Å². The van der Waals surface area contributed by atoms with Crippen LogP contribution in [0.4, 0.5) is 11.4 Å². The first-order valence-corrected chi connectivity index (χ1v) is 8.78. The molecule has 1 aromatic heterocycles. The van der Waals surface area contributed by atoms with Crippen LogP contribution in [0.25, 0.3) is 0 Å². The van der Waals surface area contributed by atoms with E-state index in [-0.39, 0.29) is 11.4 Å². The van der Waals surface area contributed by atoms with Crippen LogP contribution in [0.5, 0.6) is 11.5 Å². The first-order valence-electron chi connectivity index (χ1n) is 8.78. The highest BCUT2D eigenvalue weighted by Crippen LogP contribution is 2.29. The van der Waals surface area contributed by atoms with Gasteiger partial charge in [-0.05, 0) is 57.2 Å². The molecule has 0 unspecified atom stereocenters. The summed E-state index contributed by atoms with van der Waals surface area (Å²) >= 11 is 0. The van der Waals surface area contributed by atoms with Crippen LogP contribution in [-0.4, -0.2) is 16.4 Å². The Kier molecular flexibility index (Phi) is 5.41. The van der Waals surface area contributed by atoms with E-state index in [4.69, 9.17) is 4.74 Å². The van der Waals surface area contributed by atoms with E-state index in [0.29, 0.717) is 22.9 Å². The van der Waals surface area contributed by atoms with Gasteiger partial charge in [-0.3, -0.25) is 4.79 Å². The quantitative estimate of drug-likeness (QED) is 0.644. The number of hydrogen-bond donors (Lipinski definition) is 2. The van der Waals surface area contributed by atoms with Crippen molar-refractivity contribution in [1.82, 2.24) is 4.98 Å². The second-order valence-electron chi connectivity index (χ2n) is 7.17. The maximum atomic E-state index is 12.6. The standard InChI is InChI=1S/C22H23N3O2/c1-22(2,3)25-16-13-14-19(23-15-16)21(26)24-18-11-7-8-12-20(18)27-17-9-5-4-6-10-17/h4-15,25H,1-3H3,(H,24,26). The fraction of sp³-hybridized carbons (Fsp3) is 0.182. The zero-order valence-corrected chi connectivity index (χ0v) is 15.7. The van der Waals surface area contributed by atoms with E-state index in [1.54, 1.807) is 18.3 Å². The predicted octanol–water partition coefficient (Wildman–Crippen LogP) is 5.34. The maximum absolute atomic E-state index is 12.6.